The minimum atomic E-state index is -0.410. The smallest absolute Gasteiger partial charge is 0.308 e. The van der Waals surface area contributed by atoms with Gasteiger partial charge in [0.15, 0.2) is 0 Å². The van der Waals surface area contributed by atoms with Gasteiger partial charge in [0.1, 0.15) is 11.9 Å². The van der Waals surface area contributed by atoms with Gasteiger partial charge < -0.3 is 9.84 Å². The number of rotatable bonds is 6. The van der Waals surface area contributed by atoms with Gasteiger partial charge in [-0.3, -0.25) is 4.79 Å². The van der Waals surface area contributed by atoms with Crippen LogP contribution in [0.5, 0.6) is 0 Å². The van der Waals surface area contributed by atoms with Crippen LogP contribution in [0.25, 0.3) is 5.57 Å². The van der Waals surface area contributed by atoms with Crippen LogP contribution in [0.3, 0.4) is 0 Å². The first-order valence-corrected chi connectivity index (χ1v) is 9.94. The molecule has 3 nitrogen and oxygen atoms in total. The maximum atomic E-state index is 13.8. The molecule has 1 aromatic carbocycles. The lowest BCUT2D eigenvalue weighted by Crippen LogP contribution is -2.30. The number of ether oxygens (including phenoxy) is 1. The molecule has 28 heavy (non-hydrogen) atoms. The minimum Gasteiger partial charge on any atom is -0.458 e. The quantitative estimate of drug-likeness (QED) is 0.645. The second kappa shape index (κ2) is 8.60. The van der Waals surface area contributed by atoms with Crippen molar-refractivity contribution in [1.29, 1.82) is 0 Å². The van der Waals surface area contributed by atoms with Crippen molar-refractivity contribution in [3.8, 4) is 0 Å². The third-order valence-corrected chi connectivity index (χ3v) is 5.30. The van der Waals surface area contributed by atoms with Gasteiger partial charge in [0.05, 0.1) is 13.0 Å². The summed E-state index contributed by atoms with van der Waals surface area (Å²) >= 11 is 0. The van der Waals surface area contributed by atoms with E-state index < -0.39 is 5.97 Å². The average molecular weight is 389 g/mol. The highest BCUT2D eigenvalue weighted by Gasteiger charge is 2.38. The Bertz CT molecular complexity index is 787. The Balaban J connectivity index is 2.45. The Hall–Kier alpha value is -1.94. The van der Waals surface area contributed by atoms with Crippen LogP contribution in [0.2, 0.25) is 0 Å². The number of benzene rings is 1. The predicted molar refractivity (Wildman–Crippen MR) is 111 cm³/mol. The van der Waals surface area contributed by atoms with Crippen LogP contribution in [-0.4, -0.2) is 23.8 Å². The zero-order valence-corrected chi connectivity index (χ0v) is 17.9. The van der Waals surface area contributed by atoms with Crippen LogP contribution in [0.15, 0.2) is 35.9 Å². The highest BCUT2D eigenvalue weighted by molar-refractivity contribution is 5.74. The molecule has 2 rings (SSSR count). The van der Waals surface area contributed by atoms with Crippen molar-refractivity contribution >= 4 is 11.5 Å². The fourth-order valence-corrected chi connectivity index (χ4v) is 4.38. The molecule has 0 heterocycles. The first kappa shape index (κ1) is 22.4. The van der Waals surface area contributed by atoms with Crippen molar-refractivity contribution in [3.63, 3.8) is 0 Å². The van der Waals surface area contributed by atoms with Crippen molar-refractivity contribution in [2.75, 3.05) is 6.61 Å². The predicted octanol–water partition coefficient (Wildman–Crippen LogP) is 5.60. The molecule has 154 valence electrons. The van der Waals surface area contributed by atoms with Gasteiger partial charge in [0, 0.05) is 0 Å². The monoisotopic (exact) mass is 388 g/mol. The Morgan fingerprint density at radius 3 is 2.61 bits per heavy atom. The molecular formula is C24H33FO3. The average Bonchev–Trinajstić information content (AvgIpc) is 2.54. The molecule has 0 aliphatic heterocycles. The molecule has 4 heteroatoms. The summed E-state index contributed by atoms with van der Waals surface area (Å²) in [5, 5.41) is 8.85. The molecule has 1 N–H and O–H groups in total. The highest BCUT2D eigenvalue weighted by atomic mass is 19.1. The van der Waals surface area contributed by atoms with E-state index in [0.29, 0.717) is 5.56 Å². The van der Waals surface area contributed by atoms with E-state index in [1.165, 1.54) is 17.2 Å². The van der Waals surface area contributed by atoms with E-state index in [1.807, 2.05) is 25.1 Å². The number of carbonyl (C=O) groups is 1. The van der Waals surface area contributed by atoms with Gasteiger partial charge in [0.25, 0.3) is 0 Å². The van der Waals surface area contributed by atoms with Crippen molar-refractivity contribution in [3.05, 3.63) is 52.9 Å². The molecule has 0 saturated heterocycles. The standard InChI is InChI=1S/C24H33FO3/c1-16-13-18(8-10-21(16)25)19-14-23(3,4)15-24(5,6)20(19)9-7-17(2)28-22(27)11-12-26/h7-10,13,17,26H,11-12,14-15H2,1-6H3/b9-7+/t17-/m0/s1. The molecule has 1 atom stereocenters. The third-order valence-electron chi connectivity index (χ3n) is 5.30. The number of aryl methyl sites for hydroxylation is 1. The molecule has 0 unspecified atom stereocenters. The van der Waals surface area contributed by atoms with Crippen LogP contribution < -0.4 is 0 Å². The zero-order chi connectivity index (χ0) is 21.1. The number of aliphatic hydroxyl groups is 1. The van der Waals surface area contributed by atoms with E-state index in [9.17, 15) is 9.18 Å². The number of esters is 1. The molecular weight excluding hydrogens is 355 g/mol. The zero-order valence-electron chi connectivity index (χ0n) is 17.9. The summed E-state index contributed by atoms with van der Waals surface area (Å²) in [6.07, 6.45) is 5.50. The first-order valence-electron chi connectivity index (χ1n) is 9.94. The van der Waals surface area contributed by atoms with Crippen LogP contribution in [0, 0.1) is 23.6 Å². The molecule has 0 spiro atoms. The normalized spacial score (nSPS) is 19.7. The Morgan fingerprint density at radius 1 is 1.32 bits per heavy atom. The second-order valence-corrected chi connectivity index (χ2v) is 9.29. The van der Waals surface area contributed by atoms with Crippen molar-refractivity contribution in [1.82, 2.24) is 0 Å². The van der Waals surface area contributed by atoms with E-state index >= 15 is 0 Å². The van der Waals surface area contributed by atoms with Gasteiger partial charge in [-0.15, -0.1) is 0 Å². The maximum Gasteiger partial charge on any atom is 0.308 e. The second-order valence-electron chi connectivity index (χ2n) is 9.29. The molecule has 0 fully saturated rings. The summed E-state index contributed by atoms with van der Waals surface area (Å²) in [7, 11) is 0. The number of halogens is 1. The fourth-order valence-electron chi connectivity index (χ4n) is 4.38. The lowest BCUT2D eigenvalue weighted by molar-refractivity contribution is -0.146. The van der Waals surface area contributed by atoms with Crippen LogP contribution in [0.1, 0.15) is 65.0 Å². The van der Waals surface area contributed by atoms with Crippen LogP contribution in [-0.2, 0) is 9.53 Å². The summed E-state index contributed by atoms with van der Waals surface area (Å²) in [5.74, 6) is -0.604. The Kier molecular flexibility index (Phi) is 6.87. The number of carbonyl (C=O) groups excluding carboxylic acids is 1. The molecule has 0 amide bonds. The SMILES string of the molecule is Cc1cc(C2=C(/C=C/[C@H](C)OC(=O)CCO)C(C)(C)CC(C)(C)C2)ccc1F. The van der Waals surface area contributed by atoms with Crippen molar-refractivity contribution < 1.29 is 19.0 Å². The van der Waals surface area contributed by atoms with Gasteiger partial charge in [-0.05, 0) is 78.0 Å². The number of allylic oxidation sites excluding steroid dienone is 3. The fraction of sp³-hybridized carbons (Fsp3) is 0.542. The topological polar surface area (TPSA) is 46.5 Å². The molecule has 1 aliphatic rings. The third kappa shape index (κ3) is 5.54. The van der Waals surface area contributed by atoms with Crippen molar-refractivity contribution in [2.45, 2.75) is 66.9 Å². The Labute approximate surface area is 168 Å². The van der Waals surface area contributed by atoms with Gasteiger partial charge >= 0.3 is 5.97 Å². The van der Waals surface area contributed by atoms with Crippen molar-refractivity contribution in [2.24, 2.45) is 10.8 Å². The van der Waals surface area contributed by atoms with Crippen LogP contribution >= 0.6 is 0 Å². The number of hydrogen-bond acceptors (Lipinski definition) is 3. The van der Waals surface area contributed by atoms with E-state index in [-0.39, 0.29) is 35.8 Å². The minimum absolute atomic E-state index is 0.000660. The molecule has 0 aromatic heterocycles. The Morgan fingerprint density at radius 2 is 2.00 bits per heavy atom. The van der Waals surface area contributed by atoms with E-state index in [4.69, 9.17) is 9.84 Å². The van der Waals surface area contributed by atoms with Gasteiger partial charge in [0.2, 0.25) is 0 Å². The summed E-state index contributed by atoms with van der Waals surface area (Å²) in [4.78, 5) is 11.6. The van der Waals surface area contributed by atoms with E-state index in [1.54, 1.807) is 6.92 Å². The van der Waals surface area contributed by atoms with Crippen LogP contribution in [0.4, 0.5) is 4.39 Å². The van der Waals surface area contributed by atoms with E-state index in [0.717, 1.165) is 18.4 Å². The maximum absolute atomic E-state index is 13.8. The van der Waals surface area contributed by atoms with Gasteiger partial charge in [-0.25, -0.2) is 4.39 Å². The highest BCUT2D eigenvalue weighted by Crippen LogP contribution is 2.52. The summed E-state index contributed by atoms with van der Waals surface area (Å²) in [6, 6.07) is 5.31. The number of aliphatic hydroxyl groups excluding tert-OH is 1. The van der Waals surface area contributed by atoms with Gasteiger partial charge in [-0.1, -0.05) is 39.8 Å². The lowest BCUT2D eigenvalue weighted by atomic mass is 9.61. The summed E-state index contributed by atoms with van der Waals surface area (Å²) < 4.78 is 19.1. The number of hydrogen-bond donors (Lipinski definition) is 1. The molecule has 0 radical (unpaired) electrons. The lowest BCUT2D eigenvalue weighted by Gasteiger charge is -2.43. The summed E-state index contributed by atoms with van der Waals surface area (Å²) in [5.41, 5.74) is 4.17. The largest absolute Gasteiger partial charge is 0.458 e. The summed E-state index contributed by atoms with van der Waals surface area (Å²) in [6.45, 7) is 12.4. The molecule has 1 aliphatic carbocycles. The first-order chi connectivity index (χ1) is 12.9. The van der Waals surface area contributed by atoms with E-state index in [2.05, 4.69) is 33.8 Å². The molecule has 0 saturated carbocycles. The molecule has 1 aromatic rings. The molecule has 0 bridgehead atoms. The van der Waals surface area contributed by atoms with Gasteiger partial charge in [-0.2, -0.15) is 0 Å².